The Morgan fingerprint density at radius 3 is 2.93 bits per heavy atom. The van der Waals surface area contributed by atoms with Crippen LogP contribution in [0.1, 0.15) is 38.4 Å². The fourth-order valence-corrected chi connectivity index (χ4v) is 2.10. The quantitative estimate of drug-likeness (QED) is 0.774. The number of imidazole rings is 1. The molecule has 1 aromatic rings. The first kappa shape index (κ1) is 10.7. The van der Waals surface area contributed by atoms with Gasteiger partial charge in [0.2, 0.25) is 0 Å². The Morgan fingerprint density at radius 2 is 2.40 bits per heavy atom. The molecule has 0 saturated heterocycles. The molecular formula is C12H21N3. The lowest BCUT2D eigenvalue weighted by atomic mass is 10.1. The molecule has 1 heterocycles. The van der Waals surface area contributed by atoms with Crippen LogP contribution in [-0.2, 0) is 13.6 Å². The third kappa shape index (κ3) is 2.81. The van der Waals surface area contributed by atoms with Crippen molar-refractivity contribution in [2.45, 2.75) is 45.2 Å². The Labute approximate surface area is 91.9 Å². The van der Waals surface area contributed by atoms with Gasteiger partial charge >= 0.3 is 0 Å². The maximum atomic E-state index is 4.33. The fourth-order valence-electron chi connectivity index (χ4n) is 2.10. The standard InChI is InChI=1S/C12H21N3/c1-3-4-11(10-5-6-10)14-9-12-13-7-8-15(12)2/h7-8,10-11,14H,3-6,9H2,1-2H3. The second-order valence-electron chi connectivity index (χ2n) is 4.57. The molecule has 1 atom stereocenters. The maximum Gasteiger partial charge on any atom is 0.122 e. The highest BCUT2D eigenvalue weighted by atomic mass is 15.1. The second kappa shape index (κ2) is 4.79. The number of nitrogens with zero attached hydrogens (tertiary/aromatic N) is 2. The smallest absolute Gasteiger partial charge is 0.122 e. The Morgan fingerprint density at radius 1 is 1.60 bits per heavy atom. The molecule has 1 fully saturated rings. The minimum atomic E-state index is 0.715. The summed E-state index contributed by atoms with van der Waals surface area (Å²) in [6.07, 6.45) is 9.27. The fraction of sp³-hybridized carbons (Fsp3) is 0.750. The van der Waals surface area contributed by atoms with E-state index < -0.39 is 0 Å². The van der Waals surface area contributed by atoms with Crippen LogP contribution in [0, 0.1) is 5.92 Å². The van der Waals surface area contributed by atoms with Crippen LogP contribution in [-0.4, -0.2) is 15.6 Å². The number of aryl methyl sites for hydroxylation is 1. The van der Waals surface area contributed by atoms with Crippen molar-refractivity contribution in [1.29, 1.82) is 0 Å². The van der Waals surface area contributed by atoms with Crippen LogP contribution in [0.4, 0.5) is 0 Å². The van der Waals surface area contributed by atoms with Gasteiger partial charge in [-0.2, -0.15) is 0 Å². The molecule has 0 amide bonds. The van der Waals surface area contributed by atoms with E-state index in [1.807, 2.05) is 12.4 Å². The molecule has 0 aliphatic heterocycles. The van der Waals surface area contributed by atoms with Crippen molar-refractivity contribution in [2.75, 3.05) is 0 Å². The Kier molecular flexibility index (Phi) is 3.41. The molecule has 0 bridgehead atoms. The van der Waals surface area contributed by atoms with Crippen LogP contribution in [0.5, 0.6) is 0 Å². The van der Waals surface area contributed by atoms with E-state index in [2.05, 4.69) is 28.8 Å². The molecule has 1 aliphatic rings. The van der Waals surface area contributed by atoms with Gasteiger partial charge in [0.25, 0.3) is 0 Å². The monoisotopic (exact) mass is 207 g/mol. The molecule has 2 rings (SSSR count). The van der Waals surface area contributed by atoms with Crippen LogP contribution >= 0.6 is 0 Å². The van der Waals surface area contributed by atoms with E-state index in [1.54, 1.807) is 0 Å². The molecule has 3 heteroatoms. The number of rotatable bonds is 6. The number of nitrogens with one attached hydrogen (secondary N) is 1. The average Bonchev–Trinajstić information content (AvgIpc) is 2.98. The summed E-state index contributed by atoms with van der Waals surface area (Å²) in [6, 6.07) is 0.715. The second-order valence-corrected chi connectivity index (χ2v) is 4.57. The predicted molar refractivity (Wildman–Crippen MR) is 61.5 cm³/mol. The van der Waals surface area contributed by atoms with Crippen molar-refractivity contribution in [2.24, 2.45) is 13.0 Å². The number of aromatic nitrogens is 2. The van der Waals surface area contributed by atoms with Crippen molar-refractivity contribution in [3.63, 3.8) is 0 Å². The minimum absolute atomic E-state index is 0.715. The zero-order valence-electron chi connectivity index (χ0n) is 9.74. The molecule has 1 saturated carbocycles. The SMILES string of the molecule is CCCC(NCc1nccn1C)C1CC1. The zero-order valence-corrected chi connectivity index (χ0v) is 9.74. The van der Waals surface area contributed by atoms with Gasteiger partial charge in [-0.15, -0.1) is 0 Å². The summed E-state index contributed by atoms with van der Waals surface area (Å²) in [6.45, 7) is 3.17. The van der Waals surface area contributed by atoms with Crippen LogP contribution in [0.25, 0.3) is 0 Å². The topological polar surface area (TPSA) is 29.9 Å². The summed E-state index contributed by atoms with van der Waals surface area (Å²) >= 11 is 0. The van der Waals surface area contributed by atoms with Gasteiger partial charge in [0.05, 0.1) is 6.54 Å². The summed E-state index contributed by atoms with van der Waals surface area (Å²) in [5.74, 6) is 2.07. The number of hydrogen-bond donors (Lipinski definition) is 1. The summed E-state index contributed by atoms with van der Waals surface area (Å²) < 4.78 is 2.09. The van der Waals surface area contributed by atoms with Crippen molar-refractivity contribution in [3.05, 3.63) is 18.2 Å². The van der Waals surface area contributed by atoms with Crippen LogP contribution in [0.15, 0.2) is 12.4 Å². The largest absolute Gasteiger partial charge is 0.337 e. The average molecular weight is 207 g/mol. The highest BCUT2D eigenvalue weighted by molar-refractivity contribution is 4.93. The van der Waals surface area contributed by atoms with Gasteiger partial charge < -0.3 is 9.88 Å². The van der Waals surface area contributed by atoms with Crippen LogP contribution < -0.4 is 5.32 Å². The molecule has 0 radical (unpaired) electrons. The first-order chi connectivity index (χ1) is 7.31. The van der Waals surface area contributed by atoms with Crippen LogP contribution in [0.3, 0.4) is 0 Å². The molecule has 84 valence electrons. The summed E-state index contributed by atoms with van der Waals surface area (Å²) in [5.41, 5.74) is 0. The molecule has 1 N–H and O–H groups in total. The lowest BCUT2D eigenvalue weighted by molar-refractivity contribution is 0.421. The molecule has 1 aliphatic carbocycles. The van der Waals surface area contributed by atoms with Crippen molar-refractivity contribution < 1.29 is 0 Å². The first-order valence-corrected chi connectivity index (χ1v) is 6.01. The van der Waals surface area contributed by atoms with Gasteiger partial charge in [0, 0.05) is 25.5 Å². The highest BCUT2D eigenvalue weighted by Gasteiger charge is 2.30. The van der Waals surface area contributed by atoms with E-state index in [-0.39, 0.29) is 0 Å². The molecule has 1 aromatic heterocycles. The molecule has 15 heavy (non-hydrogen) atoms. The van der Waals surface area contributed by atoms with Gasteiger partial charge in [-0.05, 0) is 25.2 Å². The van der Waals surface area contributed by atoms with E-state index in [0.717, 1.165) is 18.3 Å². The van der Waals surface area contributed by atoms with Crippen molar-refractivity contribution >= 4 is 0 Å². The third-order valence-corrected chi connectivity index (χ3v) is 3.23. The van der Waals surface area contributed by atoms with E-state index in [0.29, 0.717) is 6.04 Å². The highest BCUT2D eigenvalue weighted by Crippen LogP contribution is 2.34. The van der Waals surface area contributed by atoms with E-state index in [4.69, 9.17) is 0 Å². The molecular weight excluding hydrogens is 186 g/mol. The molecule has 0 spiro atoms. The van der Waals surface area contributed by atoms with Gasteiger partial charge in [-0.25, -0.2) is 4.98 Å². The predicted octanol–water partition coefficient (Wildman–Crippen LogP) is 2.09. The normalized spacial score (nSPS) is 18.0. The Balaban J connectivity index is 1.82. The molecule has 1 unspecified atom stereocenters. The summed E-state index contributed by atoms with van der Waals surface area (Å²) in [7, 11) is 2.05. The van der Waals surface area contributed by atoms with E-state index in [1.165, 1.54) is 25.7 Å². The Bertz CT molecular complexity index is 302. The van der Waals surface area contributed by atoms with Gasteiger partial charge in [0.1, 0.15) is 5.82 Å². The minimum Gasteiger partial charge on any atom is -0.337 e. The van der Waals surface area contributed by atoms with Gasteiger partial charge in [-0.3, -0.25) is 0 Å². The number of hydrogen-bond acceptors (Lipinski definition) is 2. The summed E-state index contributed by atoms with van der Waals surface area (Å²) in [4.78, 5) is 4.33. The molecule has 0 aromatic carbocycles. The lowest BCUT2D eigenvalue weighted by Crippen LogP contribution is -2.31. The van der Waals surface area contributed by atoms with Crippen molar-refractivity contribution in [1.82, 2.24) is 14.9 Å². The first-order valence-electron chi connectivity index (χ1n) is 6.01. The zero-order chi connectivity index (χ0) is 10.7. The lowest BCUT2D eigenvalue weighted by Gasteiger charge is -2.17. The summed E-state index contributed by atoms with van der Waals surface area (Å²) in [5, 5.41) is 3.64. The van der Waals surface area contributed by atoms with Gasteiger partial charge in [0.15, 0.2) is 0 Å². The van der Waals surface area contributed by atoms with E-state index in [9.17, 15) is 0 Å². The van der Waals surface area contributed by atoms with Crippen molar-refractivity contribution in [3.8, 4) is 0 Å². The maximum absolute atomic E-state index is 4.33. The third-order valence-electron chi connectivity index (χ3n) is 3.23. The van der Waals surface area contributed by atoms with Gasteiger partial charge in [-0.1, -0.05) is 13.3 Å². The molecule has 3 nitrogen and oxygen atoms in total. The van der Waals surface area contributed by atoms with Crippen LogP contribution in [0.2, 0.25) is 0 Å². The Hall–Kier alpha value is -0.830. The van der Waals surface area contributed by atoms with E-state index >= 15 is 0 Å².